The molecule has 0 aromatic heterocycles. The van der Waals surface area contributed by atoms with E-state index in [1.54, 1.807) is 6.07 Å². The van der Waals surface area contributed by atoms with Gasteiger partial charge in [0.25, 0.3) is 0 Å². The van der Waals surface area contributed by atoms with Gasteiger partial charge in [0.15, 0.2) is 5.75 Å². The predicted octanol–water partition coefficient (Wildman–Crippen LogP) is 3.30. The Morgan fingerprint density at radius 2 is 1.84 bits per heavy atom. The van der Waals surface area contributed by atoms with E-state index in [-0.39, 0.29) is 39.9 Å². The van der Waals surface area contributed by atoms with Crippen molar-refractivity contribution in [3.8, 4) is 5.75 Å². The summed E-state index contributed by atoms with van der Waals surface area (Å²) < 4.78 is 10.2. The Morgan fingerprint density at radius 1 is 1.26 bits per heavy atom. The predicted molar refractivity (Wildman–Crippen MR) is 82.2 cm³/mol. The van der Waals surface area contributed by atoms with E-state index in [9.17, 15) is 4.79 Å². The number of esters is 1. The lowest BCUT2D eigenvalue weighted by atomic mass is 10.2. The Kier molecular flexibility index (Phi) is 8.41. The van der Waals surface area contributed by atoms with Crippen molar-refractivity contribution < 1.29 is 14.3 Å². The summed E-state index contributed by atoms with van der Waals surface area (Å²) >= 11 is 11.9. The van der Waals surface area contributed by atoms with E-state index < -0.39 is 5.97 Å². The molecule has 0 radical (unpaired) electrons. The minimum atomic E-state index is -0.541. The van der Waals surface area contributed by atoms with Crippen LogP contribution in [0.3, 0.4) is 0 Å². The number of halogens is 3. The van der Waals surface area contributed by atoms with Gasteiger partial charge in [-0.2, -0.15) is 0 Å². The van der Waals surface area contributed by atoms with E-state index in [0.717, 1.165) is 0 Å². The third-order valence-electron chi connectivity index (χ3n) is 2.24. The molecule has 0 N–H and O–H groups in total. The lowest BCUT2D eigenvalue weighted by Crippen LogP contribution is -2.20. The van der Waals surface area contributed by atoms with E-state index in [1.165, 1.54) is 13.2 Å². The van der Waals surface area contributed by atoms with Gasteiger partial charge in [0.1, 0.15) is 12.2 Å². The number of rotatable bonds is 5. The van der Waals surface area contributed by atoms with Gasteiger partial charge in [0.2, 0.25) is 0 Å². The monoisotopic (exact) mass is 371 g/mol. The molecule has 7 heteroatoms. The first-order valence-electron chi connectivity index (χ1n) is 5.31. The lowest BCUT2D eigenvalue weighted by Gasteiger charge is -2.13. The zero-order valence-electron chi connectivity index (χ0n) is 10.9. The highest BCUT2D eigenvalue weighted by Gasteiger charge is 2.20. The van der Waals surface area contributed by atoms with Crippen LogP contribution in [0.25, 0.3) is 0 Å². The zero-order chi connectivity index (χ0) is 13.7. The van der Waals surface area contributed by atoms with Gasteiger partial charge in [-0.15, -0.1) is 17.0 Å². The molecule has 1 aromatic carbocycles. The van der Waals surface area contributed by atoms with E-state index in [4.69, 9.17) is 32.7 Å². The molecule has 0 aliphatic heterocycles. The van der Waals surface area contributed by atoms with Crippen LogP contribution < -0.4 is 4.74 Å². The summed E-state index contributed by atoms with van der Waals surface area (Å²) in [5.41, 5.74) is 0.158. The fourth-order valence-electron chi connectivity index (χ4n) is 1.32. The van der Waals surface area contributed by atoms with Crippen LogP contribution in [0, 0.1) is 0 Å². The number of carbonyl (C=O) groups is 1. The first-order valence-corrected chi connectivity index (χ1v) is 6.06. The highest BCUT2D eigenvalue weighted by molar-refractivity contribution is 8.93. The molecule has 0 fully saturated rings. The van der Waals surface area contributed by atoms with Crippen LogP contribution in [0.15, 0.2) is 12.1 Å². The molecule has 0 unspecified atom stereocenters. The summed E-state index contributed by atoms with van der Waals surface area (Å²) in [6, 6.07) is 3.11. The number of hydrogen-bond donors (Lipinski definition) is 0. The number of hydrogen-bond acceptors (Lipinski definition) is 4. The smallest absolute Gasteiger partial charge is 0.343 e. The summed E-state index contributed by atoms with van der Waals surface area (Å²) in [7, 11) is 5.20. The van der Waals surface area contributed by atoms with E-state index in [2.05, 4.69) is 0 Å². The number of likely N-dealkylation sites (N-methyl/N-ethyl adjacent to an activating group) is 1. The van der Waals surface area contributed by atoms with Crippen LogP contribution in [-0.2, 0) is 4.74 Å². The molecule has 1 rings (SSSR count). The van der Waals surface area contributed by atoms with E-state index >= 15 is 0 Å². The van der Waals surface area contributed by atoms with Gasteiger partial charge in [-0.1, -0.05) is 23.2 Å². The first-order chi connectivity index (χ1) is 8.47. The summed E-state index contributed by atoms with van der Waals surface area (Å²) in [4.78, 5) is 13.8. The Labute approximate surface area is 133 Å². The average Bonchev–Trinajstić information content (AvgIpc) is 2.30. The molecule has 0 aliphatic carbocycles. The third kappa shape index (κ3) is 5.18. The fourth-order valence-corrected chi connectivity index (χ4v) is 1.78. The maximum Gasteiger partial charge on any atom is 0.343 e. The summed E-state index contributed by atoms with van der Waals surface area (Å²) in [6.45, 7) is 0.907. The normalized spacial score (nSPS) is 10.0. The lowest BCUT2D eigenvalue weighted by molar-refractivity contribution is 0.0478. The van der Waals surface area contributed by atoms with Crippen LogP contribution in [0.4, 0.5) is 0 Å². The Morgan fingerprint density at radius 3 is 2.37 bits per heavy atom. The summed E-state index contributed by atoms with van der Waals surface area (Å²) in [5.74, 6) is -0.305. The first kappa shape index (κ1) is 18.5. The summed E-state index contributed by atoms with van der Waals surface area (Å²) in [6.07, 6.45) is 0. The number of ether oxygens (including phenoxy) is 2. The van der Waals surface area contributed by atoms with Gasteiger partial charge in [-0.05, 0) is 26.2 Å². The van der Waals surface area contributed by atoms with Gasteiger partial charge in [0.05, 0.1) is 17.2 Å². The molecule has 0 saturated heterocycles. The number of benzene rings is 1. The molecule has 0 saturated carbocycles. The van der Waals surface area contributed by atoms with Crippen molar-refractivity contribution >= 4 is 46.2 Å². The zero-order valence-corrected chi connectivity index (χ0v) is 14.1. The largest absolute Gasteiger partial charge is 0.494 e. The van der Waals surface area contributed by atoms with E-state index in [1.807, 2.05) is 19.0 Å². The van der Waals surface area contributed by atoms with Crippen LogP contribution in [0.2, 0.25) is 10.0 Å². The second-order valence-corrected chi connectivity index (χ2v) is 4.69. The fraction of sp³-hybridized carbons (Fsp3) is 0.417. The number of methoxy groups -OCH3 is 1. The van der Waals surface area contributed by atoms with Gasteiger partial charge in [-0.25, -0.2) is 4.79 Å². The molecule has 108 valence electrons. The van der Waals surface area contributed by atoms with Gasteiger partial charge in [0, 0.05) is 6.54 Å². The second kappa shape index (κ2) is 8.64. The van der Waals surface area contributed by atoms with Crippen molar-refractivity contribution in [3.05, 3.63) is 27.7 Å². The van der Waals surface area contributed by atoms with Crippen LogP contribution >= 0.6 is 40.2 Å². The van der Waals surface area contributed by atoms with Crippen LogP contribution in [-0.4, -0.2) is 45.2 Å². The molecular weight excluding hydrogens is 357 g/mol. The molecule has 19 heavy (non-hydrogen) atoms. The quantitative estimate of drug-likeness (QED) is 0.743. The highest BCUT2D eigenvalue weighted by Crippen LogP contribution is 2.34. The van der Waals surface area contributed by atoms with Gasteiger partial charge < -0.3 is 14.4 Å². The molecule has 0 aliphatic rings. The van der Waals surface area contributed by atoms with E-state index in [0.29, 0.717) is 11.6 Å². The Hall–Kier alpha value is -0.490. The number of carbonyl (C=O) groups excluding carboxylic acids is 1. The SMILES string of the molecule is Br.COc1c(Cl)ccc(Cl)c1C(=O)OCCN(C)C. The molecule has 4 nitrogen and oxygen atoms in total. The average molecular weight is 373 g/mol. The molecular formula is C12H16BrCl2NO3. The minimum Gasteiger partial charge on any atom is -0.494 e. The highest BCUT2D eigenvalue weighted by atomic mass is 79.9. The molecule has 0 atom stereocenters. The topological polar surface area (TPSA) is 38.8 Å². The standard InChI is InChI=1S/C12H15Cl2NO3.BrH/c1-15(2)6-7-18-12(16)10-8(13)4-5-9(14)11(10)17-3;/h4-5H,6-7H2,1-3H3;1H. The molecule has 0 spiro atoms. The van der Waals surface area contributed by atoms with Crippen molar-refractivity contribution in [2.45, 2.75) is 0 Å². The van der Waals surface area contributed by atoms with Crippen LogP contribution in [0.5, 0.6) is 5.75 Å². The molecule has 0 bridgehead atoms. The molecule has 1 aromatic rings. The van der Waals surface area contributed by atoms with Crippen molar-refractivity contribution in [1.29, 1.82) is 0 Å². The van der Waals surface area contributed by atoms with Crippen molar-refractivity contribution in [2.24, 2.45) is 0 Å². The maximum absolute atomic E-state index is 11.9. The molecule has 0 heterocycles. The maximum atomic E-state index is 11.9. The summed E-state index contributed by atoms with van der Waals surface area (Å²) in [5, 5.41) is 0.576. The minimum absolute atomic E-state index is 0. The van der Waals surface area contributed by atoms with Crippen LogP contribution in [0.1, 0.15) is 10.4 Å². The third-order valence-corrected chi connectivity index (χ3v) is 2.85. The molecule has 0 amide bonds. The Balaban J connectivity index is 0.00000324. The van der Waals surface area contributed by atoms with Gasteiger partial charge in [-0.3, -0.25) is 0 Å². The van der Waals surface area contributed by atoms with Gasteiger partial charge >= 0.3 is 5.97 Å². The van der Waals surface area contributed by atoms with Crippen molar-refractivity contribution in [2.75, 3.05) is 34.4 Å². The Bertz CT molecular complexity index is 441. The second-order valence-electron chi connectivity index (χ2n) is 3.88. The number of nitrogens with zero attached hydrogens (tertiary/aromatic N) is 1. The van der Waals surface area contributed by atoms with Crippen molar-refractivity contribution in [3.63, 3.8) is 0 Å². The van der Waals surface area contributed by atoms with Crippen molar-refractivity contribution in [1.82, 2.24) is 4.90 Å².